The molecule has 0 fully saturated rings. The van der Waals surface area contributed by atoms with Gasteiger partial charge in [0.1, 0.15) is 12.1 Å². The highest BCUT2D eigenvalue weighted by molar-refractivity contribution is 5.91. The van der Waals surface area contributed by atoms with Crippen LogP contribution in [0.25, 0.3) is 5.69 Å². The predicted molar refractivity (Wildman–Crippen MR) is 75.2 cm³/mol. The number of halogens is 1. The van der Waals surface area contributed by atoms with Crippen LogP contribution < -0.4 is 11.1 Å². The molecule has 1 aromatic carbocycles. The van der Waals surface area contributed by atoms with Crippen LogP contribution in [0.5, 0.6) is 0 Å². The second kappa shape index (κ2) is 5.96. The fraction of sp³-hybridized carbons (Fsp3) is 0.385. The Labute approximate surface area is 121 Å². The molecule has 0 spiro atoms. The molecule has 0 aliphatic heterocycles. The minimum atomic E-state index is -0.521. The second-order valence-corrected chi connectivity index (χ2v) is 5.46. The maximum Gasteiger partial charge on any atom is 0.224 e. The zero-order valence-corrected chi connectivity index (χ0v) is 11.9. The smallest absolute Gasteiger partial charge is 0.224 e. The highest BCUT2D eigenvalue weighted by Crippen LogP contribution is 2.19. The van der Waals surface area contributed by atoms with Crippen LogP contribution in [0.2, 0.25) is 0 Å². The van der Waals surface area contributed by atoms with Gasteiger partial charge < -0.3 is 11.1 Å². The number of carbonyl (C=O) groups excluding carboxylic acids is 1. The highest BCUT2D eigenvalue weighted by Gasteiger charge is 2.15. The van der Waals surface area contributed by atoms with Crippen LogP contribution in [0, 0.1) is 5.82 Å². The topological polar surface area (TPSA) is 98.7 Å². The Hall–Kier alpha value is -2.35. The third-order valence-electron chi connectivity index (χ3n) is 2.83. The Morgan fingerprint density at radius 3 is 2.86 bits per heavy atom. The zero-order valence-electron chi connectivity index (χ0n) is 11.9. The lowest BCUT2D eigenvalue weighted by Gasteiger charge is -2.17. The molecule has 8 heteroatoms. The molecule has 21 heavy (non-hydrogen) atoms. The summed E-state index contributed by atoms with van der Waals surface area (Å²) in [6.07, 6.45) is 2.11. The second-order valence-electron chi connectivity index (χ2n) is 5.46. The van der Waals surface area contributed by atoms with Gasteiger partial charge in [-0.05, 0) is 48.9 Å². The third-order valence-corrected chi connectivity index (χ3v) is 2.83. The summed E-state index contributed by atoms with van der Waals surface area (Å²) in [7, 11) is 0. The predicted octanol–water partition coefficient (Wildman–Crippen LogP) is 1.26. The van der Waals surface area contributed by atoms with Crippen molar-refractivity contribution in [1.29, 1.82) is 0 Å². The van der Waals surface area contributed by atoms with Gasteiger partial charge in [-0.2, -0.15) is 0 Å². The summed E-state index contributed by atoms with van der Waals surface area (Å²) in [5.74, 6) is -0.812. The van der Waals surface area contributed by atoms with Crippen LogP contribution in [0.15, 0.2) is 24.5 Å². The van der Waals surface area contributed by atoms with Gasteiger partial charge in [0.25, 0.3) is 0 Å². The first kappa shape index (κ1) is 15.0. The van der Waals surface area contributed by atoms with E-state index in [4.69, 9.17) is 5.73 Å². The van der Waals surface area contributed by atoms with Crippen molar-refractivity contribution in [3.8, 4) is 5.69 Å². The molecule has 0 aliphatic rings. The van der Waals surface area contributed by atoms with Gasteiger partial charge in [-0.3, -0.25) is 4.79 Å². The highest BCUT2D eigenvalue weighted by atomic mass is 19.1. The zero-order chi connectivity index (χ0) is 15.5. The Bertz CT molecular complexity index is 620. The van der Waals surface area contributed by atoms with Crippen molar-refractivity contribution in [2.75, 3.05) is 5.32 Å². The molecule has 0 atom stereocenters. The fourth-order valence-corrected chi connectivity index (χ4v) is 1.68. The van der Waals surface area contributed by atoms with E-state index >= 15 is 0 Å². The van der Waals surface area contributed by atoms with Crippen molar-refractivity contribution < 1.29 is 9.18 Å². The summed E-state index contributed by atoms with van der Waals surface area (Å²) in [6.45, 7) is 3.67. The summed E-state index contributed by atoms with van der Waals surface area (Å²) in [6, 6.07) is 4.24. The summed E-state index contributed by atoms with van der Waals surface area (Å²) in [5, 5.41) is 13.3. The van der Waals surface area contributed by atoms with E-state index in [0.29, 0.717) is 12.1 Å². The number of tetrazole rings is 1. The van der Waals surface area contributed by atoms with E-state index in [1.54, 1.807) is 0 Å². The van der Waals surface area contributed by atoms with Gasteiger partial charge in [-0.15, -0.1) is 5.10 Å². The lowest BCUT2D eigenvalue weighted by Crippen LogP contribution is -2.33. The minimum absolute atomic E-state index is 0.0860. The normalized spacial score (nSPS) is 11.4. The third kappa shape index (κ3) is 4.32. The SMILES string of the molecule is CC(C)(N)CCC(=O)Nc1cc(-n2cnnn2)ccc1F. The number of hydrogen-bond donors (Lipinski definition) is 2. The summed E-state index contributed by atoms with van der Waals surface area (Å²) >= 11 is 0. The van der Waals surface area contributed by atoms with E-state index in [9.17, 15) is 9.18 Å². The molecule has 0 radical (unpaired) electrons. The van der Waals surface area contributed by atoms with Gasteiger partial charge in [0.2, 0.25) is 5.91 Å². The average Bonchev–Trinajstić information content (AvgIpc) is 2.92. The molecule has 0 aliphatic carbocycles. The van der Waals surface area contributed by atoms with Gasteiger partial charge in [0.15, 0.2) is 0 Å². The number of nitrogens with two attached hydrogens (primary N) is 1. The number of benzene rings is 1. The first-order valence-corrected chi connectivity index (χ1v) is 6.47. The van der Waals surface area contributed by atoms with Crippen molar-refractivity contribution in [3.05, 3.63) is 30.3 Å². The summed E-state index contributed by atoms with van der Waals surface area (Å²) in [4.78, 5) is 11.8. The number of amides is 1. The Morgan fingerprint density at radius 1 is 1.48 bits per heavy atom. The number of carbonyl (C=O) groups is 1. The minimum Gasteiger partial charge on any atom is -0.326 e. The van der Waals surface area contributed by atoms with Crippen molar-refractivity contribution in [2.24, 2.45) is 5.73 Å². The maximum absolute atomic E-state index is 13.7. The lowest BCUT2D eigenvalue weighted by atomic mass is 10.00. The number of rotatable bonds is 5. The molecule has 1 aromatic heterocycles. The van der Waals surface area contributed by atoms with E-state index in [-0.39, 0.29) is 18.0 Å². The molecular weight excluding hydrogens is 275 g/mol. The van der Waals surface area contributed by atoms with Crippen molar-refractivity contribution in [3.63, 3.8) is 0 Å². The molecule has 0 bridgehead atoms. The van der Waals surface area contributed by atoms with Crippen LogP contribution >= 0.6 is 0 Å². The molecule has 112 valence electrons. The maximum atomic E-state index is 13.7. The van der Waals surface area contributed by atoms with E-state index in [1.807, 2.05) is 13.8 Å². The fourth-order valence-electron chi connectivity index (χ4n) is 1.68. The van der Waals surface area contributed by atoms with Crippen molar-refractivity contribution in [1.82, 2.24) is 20.2 Å². The number of aromatic nitrogens is 4. The number of nitrogens with zero attached hydrogens (tertiary/aromatic N) is 4. The van der Waals surface area contributed by atoms with Gasteiger partial charge in [0, 0.05) is 12.0 Å². The van der Waals surface area contributed by atoms with Crippen LogP contribution in [0.1, 0.15) is 26.7 Å². The number of hydrogen-bond acceptors (Lipinski definition) is 5. The molecule has 2 rings (SSSR count). The molecule has 1 heterocycles. The Morgan fingerprint density at radius 2 is 2.24 bits per heavy atom. The molecule has 0 saturated heterocycles. The monoisotopic (exact) mass is 292 g/mol. The molecule has 1 amide bonds. The quantitative estimate of drug-likeness (QED) is 0.864. The van der Waals surface area contributed by atoms with Crippen molar-refractivity contribution in [2.45, 2.75) is 32.2 Å². The summed E-state index contributed by atoms with van der Waals surface area (Å²) < 4.78 is 15.1. The summed E-state index contributed by atoms with van der Waals surface area (Å²) in [5.41, 5.74) is 6.01. The number of nitrogens with one attached hydrogen (secondary N) is 1. The van der Waals surface area contributed by atoms with Gasteiger partial charge in [-0.1, -0.05) is 0 Å². The van der Waals surface area contributed by atoms with E-state index in [1.165, 1.54) is 29.2 Å². The molecule has 0 saturated carbocycles. The molecule has 0 unspecified atom stereocenters. The first-order chi connectivity index (χ1) is 9.85. The van der Waals surface area contributed by atoms with Gasteiger partial charge in [-0.25, -0.2) is 9.07 Å². The van der Waals surface area contributed by atoms with Crippen LogP contribution in [0.4, 0.5) is 10.1 Å². The van der Waals surface area contributed by atoms with Crippen LogP contribution in [-0.4, -0.2) is 31.7 Å². The van der Waals surface area contributed by atoms with Crippen molar-refractivity contribution >= 4 is 11.6 Å². The van der Waals surface area contributed by atoms with Gasteiger partial charge >= 0.3 is 0 Å². The molecule has 7 nitrogen and oxygen atoms in total. The largest absolute Gasteiger partial charge is 0.326 e. The van der Waals surface area contributed by atoms with E-state index < -0.39 is 11.4 Å². The standard InChI is InChI=1S/C13H17FN6O/c1-13(2,15)6-5-12(21)17-11-7-9(3-4-10(11)14)20-8-16-18-19-20/h3-4,7-8H,5-6,15H2,1-2H3,(H,17,21). The van der Waals surface area contributed by atoms with Gasteiger partial charge in [0.05, 0.1) is 11.4 Å². The van der Waals surface area contributed by atoms with E-state index in [0.717, 1.165) is 0 Å². The first-order valence-electron chi connectivity index (χ1n) is 6.47. The molecule has 2 aromatic rings. The van der Waals surface area contributed by atoms with E-state index in [2.05, 4.69) is 20.8 Å². The molecular formula is C13H17FN6O. The average molecular weight is 292 g/mol. The van der Waals surface area contributed by atoms with Crippen LogP contribution in [0.3, 0.4) is 0 Å². The molecule has 3 N–H and O–H groups in total. The Balaban J connectivity index is 2.09. The Kier molecular flexibility index (Phi) is 4.27. The number of anilines is 1. The lowest BCUT2D eigenvalue weighted by molar-refractivity contribution is -0.116. The van der Waals surface area contributed by atoms with Crippen LogP contribution in [-0.2, 0) is 4.79 Å².